The van der Waals surface area contributed by atoms with Crippen molar-refractivity contribution in [3.63, 3.8) is 0 Å². The largest absolute Gasteiger partial charge is 0.467 e. The van der Waals surface area contributed by atoms with Crippen molar-refractivity contribution >= 4 is 12.0 Å². The fourth-order valence-corrected chi connectivity index (χ4v) is 1.74. The van der Waals surface area contributed by atoms with Gasteiger partial charge in [-0.25, -0.2) is 4.79 Å². The highest BCUT2D eigenvalue weighted by molar-refractivity contribution is 5.94. The summed E-state index contributed by atoms with van der Waals surface area (Å²) in [4.78, 5) is 27.4. The minimum Gasteiger partial charge on any atom is -0.467 e. The summed E-state index contributed by atoms with van der Waals surface area (Å²) in [5.41, 5.74) is 1.03. The fraction of sp³-hybridized carbons (Fsp3) is 0.267. The summed E-state index contributed by atoms with van der Waals surface area (Å²) in [6.07, 6.45) is 2.55. The van der Waals surface area contributed by atoms with E-state index in [0.29, 0.717) is 30.2 Å². The highest BCUT2D eigenvalue weighted by Gasteiger charge is 2.08. The molecule has 7 nitrogen and oxygen atoms in total. The summed E-state index contributed by atoms with van der Waals surface area (Å²) in [6, 6.07) is 6.75. The number of furan rings is 1. The number of pyridine rings is 1. The molecule has 2 rings (SSSR count). The molecule has 7 heteroatoms. The van der Waals surface area contributed by atoms with Gasteiger partial charge in [-0.05, 0) is 31.2 Å². The number of nitrogens with one attached hydrogen (secondary N) is 2. The Bertz CT molecular complexity index is 625. The molecule has 0 bridgehead atoms. The van der Waals surface area contributed by atoms with Crippen molar-refractivity contribution in [2.24, 2.45) is 0 Å². The predicted octanol–water partition coefficient (Wildman–Crippen LogP) is 1.85. The van der Waals surface area contributed by atoms with Crippen LogP contribution >= 0.6 is 0 Å². The molecule has 0 fully saturated rings. The lowest BCUT2D eigenvalue weighted by molar-refractivity contribution is 0.0947. The van der Waals surface area contributed by atoms with Gasteiger partial charge < -0.3 is 19.8 Å². The first-order valence-corrected chi connectivity index (χ1v) is 6.85. The van der Waals surface area contributed by atoms with Crippen LogP contribution in [0.15, 0.2) is 41.1 Å². The minimum absolute atomic E-state index is 0.193. The van der Waals surface area contributed by atoms with Crippen molar-refractivity contribution in [2.75, 3.05) is 6.61 Å². The molecule has 0 spiro atoms. The number of rotatable bonds is 6. The normalized spacial score (nSPS) is 10.0. The quantitative estimate of drug-likeness (QED) is 0.849. The van der Waals surface area contributed by atoms with Crippen molar-refractivity contribution in [1.82, 2.24) is 15.6 Å². The van der Waals surface area contributed by atoms with E-state index in [1.165, 1.54) is 6.20 Å². The predicted molar refractivity (Wildman–Crippen MR) is 78.0 cm³/mol. The van der Waals surface area contributed by atoms with Crippen LogP contribution in [0.1, 0.15) is 28.7 Å². The van der Waals surface area contributed by atoms with Crippen LogP contribution in [0.4, 0.5) is 4.79 Å². The Kier molecular flexibility index (Phi) is 5.53. The summed E-state index contributed by atoms with van der Waals surface area (Å²) in [6.45, 7) is 2.53. The molecule has 0 aliphatic rings. The first kappa shape index (κ1) is 15.6. The molecule has 2 aromatic heterocycles. The molecule has 116 valence electrons. The molecule has 0 saturated carbocycles. The zero-order valence-electron chi connectivity index (χ0n) is 12.2. The van der Waals surface area contributed by atoms with Crippen LogP contribution in [0.5, 0.6) is 0 Å². The van der Waals surface area contributed by atoms with Crippen LogP contribution in [0.3, 0.4) is 0 Å². The molecule has 22 heavy (non-hydrogen) atoms. The lowest BCUT2D eigenvalue weighted by Crippen LogP contribution is -2.25. The summed E-state index contributed by atoms with van der Waals surface area (Å²) >= 11 is 0. The third-order valence-corrected chi connectivity index (χ3v) is 2.77. The van der Waals surface area contributed by atoms with Crippen molar-refractivity contribution < 1.29 is 18.7 Å². The van der Waals surface area contributed by atoms with Crippen LogP contribution in [0.25, 0.3) is 0 Å². The Morgan fingerprint density at radius 1 is 1.27 bits per heavy atom. The van der Waals surface area contributed by atoms with Gasteiger partial charge in [0.15, 0.2) is 0 Å². The molecule has 2 amide bonds. The molecular formula is C15H17N3O4. The fourth-order valence-electron chi connectivity index (χ4n) is 1.74. The number of nitrogens with zero attached hydrogens (tertiary/aromatic N) is 1. The van der Waals surface area contributed by atoms with Gasteiger partial charge in [0, 0.05) is 11.8 Å². The summed E-state index contributed by atoms with van der Waals surface area (Å²) in [7, 11) is 0. The first-order chi connectivity index (χ1) is 10.7. The molecule has 0 aromatic carbocycles. The van der Waals surface area contributed by atoms with E-state index in [-0.39, 0.29) is 12.5 Å². The lowest BCUT2D eigenvalue weighted by atomic mass is 10.2. The third-order valence-electron chi connectivity index (χ3n) is 2.77. The lowest BCUT2D eigenvalue weighted by Gasteiger charge is -2.07. The van der Waals surface area contributed by atoms with E-state index in [4.69, 9.17) is 9.15 Å². The van der Waals surface area contributed by atoms with Gasteiger partial charge in [0.05, 0.1) is 31.7 Å². The number of alkyl carbamates (subject to hydrolysis) is 1. The van der Waals surface area contributed by atoms with Crippen LogP contribution in [0.2, 0.25) is 0 Å². The van der Waals surface area contributed by atoms with Crippen LogP contribution in [-0.2, 0) is 17.8 Å². The molecule has 0 aliphatic heterocycles. The highest BCUT2D eigenvalue weighted by Crippen LogP contribution is 2.04. The number of hydrogen-bond acceptors (Lipinski definition) is 5. The number of hydrogen-bond donors (Lipinski definition) is 2. The van der Waals surface area contributed by atoms with E-state index in [1.807, 2.05) is 0 Å². The second kappa shape index (κ2) is 7.82. The average Bonchev–Trinajstić information content (AvgIpc) is 3.04. The average molecular weight is 303 g/mol. The minimum atomic E-state index is -0.517. The zero-order valence-corrected chi connectivity index (χ0v) is 12.2. The van der Waals surface area contributed by atoms with E-state index < -0.39 is 6.09 Å². The molecular weight excluding hydrogens is 286 g/mol. The topological polar surface area (TPSA) is 93.5 Å². The third kappa shape index (κ3) is 4.62. The zero-order chi connectivity index (χ0) is 15.8. The maximum Gasteiger partial charge on any atom is 0.407 e. The number of carbonyl (C=O) groups is 2. The van der Waals surface area contributed by atoms with Crippen molar-refractivity contribution in [3.8, 4) is 0 Å². The maximum atomic E-state index is 12.0. The smallest absolute Gasteiger partial charge is 0.407 e. The van der Waals surface area contributed by atoms with Crippen molar-refractivity contribution in [2.45, 2.75) is 20.0 Å². The van der Waals surface area contributed by atoms with Gasteiger partial charge in [-0.15, -0.1) is 0 Å². The molecule has 0 radical (unpaired) electrons. The molecule has 0 aliphatic carbocycles. The van der Waals surface area contributed by atoms with E-state index in [2.05, 4.69) is 15.6 Å². The van der Waals surface area contributed by atoms with Gasteiger partial charge >= 0.3 is 6.09 Å². The van der Waals surface area contributed by atoms with Crippen LogP contribution in [0, 0.1) is 0 Å². The standard InChI is InChI=1S/C15H17N3O4/c1-2-21-15(20)18-9-12-8-11(5-6-16-12)14(19)17-10-13-4-3-7-22-13/h3-8H,2,9-10H2,1H3,(H,17,19)(H,18,20). The van der Waals surface area contributed by atoms with Crippen LogP contribution in [-0.4, -0.2) is 23.6 Å². The molecule has 0 atom stereocenters. The Morgan fingerprint density at radius 3 is 2.86 bits per heavy atom. The number of ether oxygens (including phenoxy) is 1. The number of amides is 2. The second-order valence-electron chi connectivity index (χ2n) is 4.37. The van der Waals surface area contributed by atoms with E-state index in [9.17, 15) is 9.59 Å². The first-order valence-electron chi connectivity index (χ1n) is 6.85. The van der Waals surface area contributed by atoms with E-state index in [1.54, 1.807) is 37.5 Å². The van der Waals surface area contributed by atoms with Gasteiger partial charge in [0.2, 0.25) is 0 Å². The molecule has 0 saturated heterocycles. The molecule has 2 heterocycles. The Balaban J connectivity index is 1.89. The second-order valence-corrected chi connectivity index (χ2v) is 4.37. The maximum absolute atomic E-state index is 12.0. The molecule has 2 N–H and O–H groups in total. The Hall–Kier alpha value is -2.83. The van der Waals surface area contributed by atoms with Gasteiger partial charge in [-0.1, -0.05) is 0 Å². The SMILES string of the molecule is CCOC(=O)NCc1cc(C(=O)NCc2ccco2)ccn1. The summed E-state index contributed by atoms with van der Waals surface area (Å²) < 4.78 is 9.90. The van der Waals surface area contributed by atoms with E-state index >= 15 is 0 Å². The molecule has 0 unspecified atom stereocenters. The highest BCUT2D eigenvalue weighted by atomic mass is 16.5. The van der Waals surface area contributed by atoms with Gasteiger partial charge in [-0.2, -0.15) is 0 Å². The van der Waals surface area contributed by atoms with Gasteiger partial charge in [-0.3, -0.25) is 9.78 Å². The number of aromatic nitrogens is 1. The molecule has 2 aromatic rings. The monoisotopic (exact) mass is 303 g/mol. The van der Waals surface area contributed by atoms with Gasteiger partial charge in [0.25, 0.3) is 5.91 Å². The van der Waals surface area contributed by atoms with Crippen molar-refractivity contribution in [1.29, 1.82) is 0 Å². The summed E-state index contributed by atoms with van der Waals surface area (Å²) in [5.74, 6) is 0.433. The number of carbonyl (C=O) groups excluding carboxylic acids is 2. The van der Waals surface area contributed by atoms with Crippen LogP contribution < -0.4 is 10.6 Å². The van der Waals surface area contributed by atoms with Gasteiger partial charge in [0.1, 0.15) is 5.76 Å². The Labute approximate surface area is 127 Å². The van der Waals surface area contributed by atoms with E-state index in [0.717, 1.165) is 0 Å². The summed E-state index contributed by atoms with van der Waals surface area (Å²) in [5, 5.41) is 5.29. The Morgan fingerprint density at radius 2 is 2.14 bits per heavy atom. The van der Waals surface area contributed by atoms with Crippen molar-refractivity contribution in [3.05, 3.63) is 53.7 Å².